The number of anilines is 1. The lowest BCUT2D eigenvalue weighted by molar-refractivity contribution is -0.122. The Bertz CT molecular complexity index is 467. The van der Waals surface area contributed by atoms with Gasteiger partial charge >= 0.3 is 6.01 Å². The van der Waals surface area contributed by atoms with E-state index in [4.69, 9.17) is 4.52 Å². The minimum absolute atomic E-state index is 0.101. The molecular weight excluding hydrogens is 244 g/mol. The normalized spacial score (nSPS) is 23.1. The van der Waals surface area contributed by atoms with Gasteiger partial charge in [0, 0.05) is 18.5 Å². The van der Waals surface area contributed by atoms with Crippen LogP contribution in [0, 0.1) is 0 Å². The van der Waals surface area contributed by atoms with Crippen LogP contribution in [-0.2, 0) is 4.79 Å². The monoisotopic (exact) mass is 264 g/mol. The first-order chi connectivity index (χ1) is 9.15. The van der Waals surface area contributed by atoms with E-state index in [1.165, 1.54) is 0 Å². The highest BCUT2D eigenvalue weighted by molar-refractivity contribution is 5.85. The fourth-order valence-electron chi connectivity index (χ4n) is 2.37. The number of aromatic nitrogens is 2. The topological polar surface area (TPSA) is 71.3 Å². The van der Waals surface area contributed by atoms with E-state index in [0.29, 0.717) is 17.9 Å². The van der Waals surface area contributed by atoms with E-state index in [1.54, 1.807) is 0 Å². The Morgan fingerprint density at radius 3 is 2.84 bits per heavy atom. The molecule has 19 heavy (non-hydrogen) atoms. The second-order valence-corrected chi connectivity index (χ2v) is 5.72. The number of rotatable bonds is 4. The molecule has 2 heterocycles. The molecule has 3 rings (SSSR count). The Balaban J connectivity index is 1.72. The molecule has 104 valence electrons. The maximum atomic E-state index is 12.2. The molecule has 0 radical (unpaired) electrons. The van der Waals surface area contributed by atoms with Crippen LogP contribution >= 0.6 is 0 Å². The van der Waals surface area contributed by atoms with Gasteiger partial charge in [-0.05, 0) is 25.7 Å². The Kier molecular flexibility index (Phi) is 3.16. The first-order valence-electron chi connectivity index (χ1n) is 7.06. The molecule has 1 N–H and O–H groups in total. The zero-order valence-corrected chi connectivity index (χ0v) is 11.4. The molecule has 1 saturated carbocycles. The summed E-state index contributed by atoms with van der Waals surface area (Å²) in [6.07, 6.45) is 4.06. The fraction of sp³-hybridized carbons (Fsp3) is 0.769. The van der Waals surface area contributed by atoms with Crippen molar-refractivity contribution in [1.82, 2.24) is 15.5 Å². The summed E-state index contributed by atoms with van der Waals surface area (Å²) in [5.74, 6) is 1.03. The first-order valence-corrected chi connectivity index (χ1v) is 7.06. The SMILES string of the molecule is CC(C)c1noc(N2CCC[C@@H]2C(=O)NC2CC2)n1. The highest BCUT2D eigenvalue weighted by Gasteiger charge is 2.36. The molecule has 1 amide bonds. The van der Waals surface area contributed by atoms with Crippen molar-refractivity contribution in [3.63, 3.8) is 0 Å². The van der Waals surface area contributed by atoms with Crippen LogP contribution in [-0.4, -0.2) is 34.7 Å². The summed E-state index contributed by atoms with van der Waals surface area (Å²) in [5.41, 5.74) is 0. The zero-order valence-electron chi connectivity index (χ0n) is 11.4. The zero-order chi connectivity index (χ0) is 13.4. The van der Waals surface area contributed by atoms with Crippen molar-refractivity contribution in [1.29, 1.82) is 0 Å². The first kappa shape index (κ1) is 12.4. The number of carbonyl (C=O) groups excluding carboxylic acids is 1. The maximum absolute atomic E-state index is 12.2. The molecule has 0 bridgehead atoms. The highest BCUT2D eigenvalue weighted by atomic mass is 16.5. The summed E-state index contributed by atoms with van der Waals surface area (Å²) in [7, 11) is 0. The number of hydrogen-bond donors (Lipinski definition) is 1. The Morgan fingerprint density at radius 1 is 1.42 bits per heavy atom. The largest absolute Gasteiger partial charge is 0.352 e. The predicted octanol–water partition coefficient (Wildman–Crippen LogP) is 1.44. The molecule has 2 fully saturated rings. The number of hydrogen-bond acceptors (Lipinski definition) is 5. The molecule has 0 unspecified atom stereocenters. The van der Waals surface area contributed by atoms with Crippen molar-refractivity contribution in [3.05, 3.63) is 5.82 Å². The van der Waals surface area contributed by atoms with E-state index < -0.39 is 0 Å². The van der Waals surface area contributed by atoms with Crippen LogP contribution in [0.25, 0.3) is 0 Å². The average molecular weight is 264 g/mol. The van der Waals surface area contributed by atoms with Gasteiger partial charge in [-0.2, -0.15) is 4.98 Å². The lowest BCUT2D eigenvalue weighted by Gasteiger charge is -2.21. The van der Waals surface area contributed by atoms with E-state index in [9.17, 15) is 4.79 Å². The minimum Gasteiger partial charge on any atom is -0.352 e. The van der Waals surface area contributed by atoms with Crippen molar-refractivity contribution in [2.24, 2.45) is 0 Å². The number of nitrogens with zero attached hydrogens (tertiary/aromatic N) is 3. The predicted molar refractivity (Wildman–Crippen MR) is 69.9 cm³/mol. The molecule has 1 aliphatic heterocycles. The van der Waals surface area contributed by atoms with Crippen molar-refractivity contribution < 1.29 is 9.32 Å². The smallest absolute Gasteiger partial charge is 0.324 e. The molecule has 0 spiro atoms. The third-order valence-corrected chi connectivity index (χ3v) is 3.67. The van der Waals surface area contributed by atoms with Gasteiger partial charge in [-0.3, -0.25) is 4.79 Å². The van der Waals surface area contributed by atoms with Crippen LogP contribution in [0.4, 0.5) is 6.01 Å². The van der Waals surface area contributed by atoms with E-state index in [0.717, 1.165) is 32.2 Å². The van der Waals surface area contributed by atoms with Gasteiger partial charge in [0.05, 0.1) is 0 Å². The molecule has 1 aliphatic carbocycles. The van der Waals surface area contributed by atoms with Gasteiger partial charge in [0.1, 0.15) is 6.04 Å². The van der Waals surface area contributed by atoms with Crippen LogP contribution in [0.5, 0.6) is 0 Å². The quantitative estimate of drug-likeness (QED) is 0.891. The summed E-state index contributed by atoms with van der Waals surface area (Å²) in [6.45, 7) is 4.86. The highest BCUT2D eigenvalue weighted by Crippen LogP contribution is 2.27. The summed E-state index contributed by atoms with van der Waals surface area (Å²) >= 11 is 0. The lowest BCUT2D eigenvalue weighted by atomic mass is 10.2. The second-order valence-electron chi connectivity index (χ2n) is 5.72. The van der Waals surface area contributed by atoms with Crippen molar-refractivity contribution in [2.75, 3.05) is 11.4 Å². The van der Waals surface area contributed by atoms with Gasteiger partial charge < -0.3 is 14.7 Å². The third kappa shape index (κ3) is 2.57. The van der Waals surface area contributed by atoms with E-state index >= 15 is 0 Å². The molecule has 2 aliphatic rings. The fourth-order valence-corrected chi connectivity index (χ4v) is 2.37. The number of carbonyl (C=O) groups is 1. The second kappa shape index (κ2) is 4.83. The molecule has 1 aromatic heterocycles. The van der Waals surface area contributed by atoms with Gasteiger partial charge in [0.15, 0.2) is 5.82 Å². The van der Waals surface area contributed by atoms with Crippen molar-refractivity contribution >= 4 is 11.9 Å². The molecular formula is C13H20N4O2. The standard InChI is InChI=1S/C13H20N4O2/c1-8(2)11-15-13(19-16-11)17-7-3-4-10(17)12(18)14-9-5-6-9/h8-10H,3-7H2,1-2H3,(H,14,18)/t10-/m1/s1. The summed E-state index contributed by atoms with van der Waals surface area (Å²) < 4.78 is 5.30. The molecule has 1 aromatic rings. The average Bonchev–Trinajstić information content (AvgIpc) is 2.92. The van der Waals surface area contributed by atoms with Crippen LogP contribution in [0.1, 0.15) is 51.3 Å². The Labute approximate surface area is 112 Å². The Morgan fingerprint density at radius 2 is 2.21 bits per heavy atom. The summed E-state index contributed by atoms with van der Waals surface area (Å²) in [4.78, 5) is 18.5. The summed E-state index contributed by atoms with van der Waals surface area (Å²) in [5, 5.41) is 7.02. The van der Waals surface area contributed by atoms with Crippen LogP contribution < -0.4 is 10.2 Å². The van der Waals surface area contributed by atoms with Gasteiger partial charge in [-0.1, -0.05) is 19.0 Å². The number of amides is 1. The van der Waals surface area contributed by atoms with E-state index in [1.807, 2.05) is 18.7 Å². The lowest BCUT2D eigenvalue weighted by Crippen LogP contribution is -2.44. The Hall–Kier alpha value is -1.59. The van der Waals surface area contributed by atoms with Gasteiger partial charge in [0.25, 0.3) is 0 Å². The third-order valence-electron chi connectivity index (χ3n) is 3.67. The summed E-state index contributed by atoms with van der Waals surface area (Å²) in [6, 6.07) is 0.724. The molecule has 6 nitrogen and oxygen atoms in total. The van der Waals surface area contributed by atoms with E-state index in [2.05, 4.69) is 15.5 Å². The van der Waals surface area contributed by atoms with Crippen LogP contribution in [0.2, 0.25) is 0 Å². The molecule has 1 atom stereocenters. The van der Waals surface area contributed by atoms with Crippen molar-refractivity contribution in [2.45, 2.75) is 57.5 Å². The van der Waals surface area contributed by atoms with Crippen LogP contribution in [0.15, 0.2) is 4.52 Å². The van der Waals surface area contributed by atoms with Crippen LogP contribution in [0.3, 0.4) is 0 Å². The van der Waals surface area contributed by atoms with Gasteiger partial charge in [-0.25, -0.2) is 0 Å². The van der Waals surface area contributed by atoms with Gasteiger partial charge in [-0.15, -0.1) is 0 Å². The van der Waals surface area contributed by atoms with Gasteiger partial charge in [0.2, 0.25) is 5.91 Å². The molecule has 6 heteroatoms. The van der Waals surface area contributed by atoms with Crippen molar-refractivity contribution in [3.8, 4) is 0 Å². The number of nitrogens with one attached hydrogen (secondary N) is 1. The molecule has 0 aromatic carbocycles. The van der Waals surface area contributed by atoms with E-state index in [-0.39, 0.29) is 17.9 Å². The molecule has 1 saturated heterocycles. The minimum atomic E-state index is -0.152. The maximum Gasteiger partial charge on any atom is 0.324 e.